The number of ether oxygens (including phenoxy) is 1. The zero-order chi connectivity index (χ0) is 13.4. The lowest BCUT2D eigenvalue weighted by Gasteiger charge is -2.05. The van der Waals surface area contributed by atoms with Crippen LogP contribution in [0.25, 0.3) is 16.9 Å². The molecule has 0 unspecified atom stereocenters. The first-order valence-electron chi connectivity index (χ1n) is 5.78. The second-order valence-electron chi connectivity index (χ2n) is 4.14. The number of benzene rings is 1. The maximum absolute atomic E-state index is 11.5. The molecule has 3 aromatic rings. The normalized spacial score (nSPS) is 10.8. The van der Waals surface area contributed by atoms with Gasteiger partial charge in [0.1, 0.15) is 11.6 Å². The Morgan fingerprint density at radius 3 is 2.68 bits per heavy atom. The predicted octanol–water partition coefficient (Wildman–Crippen LogP) is 1.40. The molecule has 3 rings (SSSR count). The molecular weight excluding hydrogens is 244 g/mol. The lowest BCUT2D eigenvalue weighted by atomic mass is 10.1. The van der Waals surface area contributed by atoms with Crippen molar-refractivity contribution in [3.8, 4) is 17.0 Å². The summed E-state index contributed by atoms with van der Waals surface area (Å²) in [6.45, 7) is 1.77. The molecule has 96 valence electrons. The van der Waals surface area contributed by atoms with Crippen molar-refractivity contribution in [3.05, 3.63) is 46.6 Å². The van der Waals surface area contributed by atoms with Gasteiger partial charge in [0.15, 0.2) is 5.65 Å². The molecule has 2 heterocycles. The van der Waals surface area contributed by atoms with E-state index in [1.54, 1.807) is 20.1 Å². The van der Waals surface area contributed by atoms with Crippen molar-refractivity contribution in [2.75, 3.05) is 7.11 Å². The average molecular weight is 256 g/mol. The van der Waals surface area contributed by atoms with Crippen LogP contribution in [-0.4, -0.2) is 26.7 Å². The van der Waals surface area contributed by atoms with E-state index in [0.717, 1.165) is 17.0 Å². The van der Waals surface area contributed by atoms with Crippen molar-refractivity contribution < 1.29 is 4.74 Å². The molecule has 6 nitrogen and oxygen atoms in total. The Labute approximate surface area is 108 Å². The van der Waals surface area contributed by atoms with Crippen molar-refractivity contribution in [2.45, 2.75) is 6.92 Å². The number of methoxy groups -OCH3 is 1. The molecule has 0 saturated heterocycles. The Morgan fingerprint density at radius 2 is 2.00 bits per heavy atom. The molecular formula is C13H12N4O2. The highest BCUT2D eigenvalue weighted by Crippen LogP contribution is 2.21. The predicted molar refractivity (Wildman–Crippen MR) is 70.3 cm³/mol. The van der Waals surface area contributed by atoms with E-state index in [1.165, 1.54) is 4.40 Å². The largest absolute Gasteiger partial charge is 0.497 e. The van der Waals surface area contributed by atoms with E-state index in [-0.39, 0.29) is 5.69 Å². The van der Waals surface area contributed by atoms with Crippen molar-refractivity contribution in [1.29, 1.82) is 0 Å². The van der Waals surface area contributed by atoms with Gasteiger partial charge in [-0.05, 0) is 31.2 Å². The highest BCUT2D eigenvalue weighted by molar-refractivity contribution is 5.64. The van der Waals surface area contributed by atoms with Crippen LogP contribution in [0.4, 0.5) is 0 Å². The SMILES string of the molecule is COc1ccc(-c2cc3n[nH]c(=O)n3c(C)n2)cc1. The zero-order valence-corrected chi connectivity index (χ0v) is 10.5. The number of aromatic nitrogens is 4. The summed E-state index contributed by atoms with van der Waals surface area (Å²) in [5.74, 6) is 1.39. The third kappa shape index (κ3) is 1.87. The standard InChI is InChI=1S/C13H12N4O2/c1-8-14-11(7-12-15-16-13(18)17(8)12)9-3-5-10(19-2)6-4-9/h3-7H,1-2H3,(H,16,18). The Morgan fingerprint density at radius 1 is 1.26 bits per heavy atom. The number of hydrogen-bond acceptors (Lipinski definition) is 4. The van der Waals surface area contributed by atoms with Gasteiger partial charge >= 0.3 is 5.69 Å². The van der Waals surface area contributed by atoms with E-state index in [4.69, 9.17) is 4.74 Å². The van der Waals surface area contributed by atoms with E-state index < -0.39 is 0 Å². The van der Waals surface area contributed by atoms with Crippen LogP contribution in [0, 0.1) is 6.92 Å². The fourth-order valence-electron chi connectivity index (χ4n) is 2.01. The van der Waals surface area contributed by atoms with Crippen LogP contribution in [0.2, 0.25) is 0 Å². The fraction of sp³-hybridized carbons (Fsp3) is 0.154. The Hall–Kier alpha value is -2.63. The first-order chi connectivity index (χ1) is 9.19. The molecule has 1 aromatic carbocycles. The van der Waals surface area contributed by atoms with Crippen molar-refractivity contribution >= 4 is 5.65 Å². The van der Waals surface area contributed by atoms with Gasteiger partial charge in [-0.2, -0.15) is 5.10 Å². The Kier molecular flexibility index (Phi) is 2.56. The minimum atomic E-state index is -0.277. The van der Waals surface area contributed by atoms with E-state index in [0.29, 0.717) is 11.5 Å². The highest BCUT2D eigenvalue weighted by Gasteiger charge is 2.08. The fourth-order valence-corrected chi connectivity index (χ4v) is 2.01. The molecule has 1 N–H and O–H groups in total. The van der Waals surface area contributed by atoms with E-state index in [9.17, 15) is 4.79 Å². The number of aromatic amines is 1. The summed E-state index contributed by atoms with van der Waals surface area (Å²) < 4.78 is 6.56. The van der Waals surface area contributed by atoms with Gasteiger partial charge in [-0.15, -0.1) is 0 Å². The van der Waals surface area contributed by atoms with Gasteiger partial charge in [0.25, 0.3) is 0 Å². The monoisotopic (exact) mass is 256 g/mol. The minimum Gasteiger partial charge on any atom is -0.497 e. The van der Waals surface area contributed by atoms with Crippen LogP contribution in [-0.2, 0) is 0 Å². The summed E-state index contributed by atoms with van der Waals surface area (Å²) in [6.07, 6.45) is 0. The quantitative estimate of drug-likeness (QED) is 0.752. The van der Waals surface area contributed by atoms with Gasteiger partial charge in [0.2, 0.25) is 0 Å². The van der Waals surface area contributed by atoms with Crippen molar-refractivity contribution in [2.24, 2.45) is 0 Å². The Bertz CT molecular complexity index is 787. The summed E-state index contributed by atoms with van der Waals surface area (Å²) in [6, 6.07) is 9.34. The molecule has 0 aliphatic heterocycles. The third-order valence-electron chi connectivity index (χ3n) is 2.96. The molecule has 0 amide bonds. The van der Waals surface area contributed by atoms with Crippen molar-refractivity contribution in [1.82, 2.24) is 19.6 Å². The maximum Gasteiger partial charge on any atom is 0.349 e. The number of H-pyrrole nitrogens is 1. The average Bonchev–Trinajstić information content (AvgIpc) is 2.81. The minimum absolute atomic E-state index is 0.277. The molecule has 0 spiro atoms. The first-order valence-corrected chi connectivity index (χ1v) is 5.78. The van der Waals surface area contributed by atoms with Crippen LogP contribution >= 0.6 is 0 Å². The highest BCUT2D eigenvalue weighted by atomic mass is 16.5. The van der Waals surface area contributed by atoms with Crippen LogP contribution in [0.5, 0.6) is 5.75 Å². The molecule has 2 aromatic heterocycles. The molecule has 0 atom stereocenters. The van der Waals surface area contributed by atoms with Gasteiger partial charge in [-0.25, -0.2) is 19.3 Å². The second-order valence-corrected chi connectivity index (χ2v) is 4.14. The van der Waals surface area contributed by atoms with Crippen LogP contribution in [0.3, 0.4) is 0 Å². The van der Waals surface area contributed by atoms with Gasteiger partial charge in [0, 0.05) is 11.6 Å². The lowest BCUT2D eigenvalue weighted by Crippen LogP contribution is -2.13. The maximum atomic E-state index is 11.5. The molecule has 0 radical (unpaired) electrons. The van der Waals surface area contributed by atoms with E-state index in [2.05, 4.69) is 15.2 Å². The molecule has 0 bridgehead atoms. The molecule has 0 aliphatic carbocycles. The van der Waals surface area contributed by atoms with Gasteiger partial charge in [0.05, 0.1) is 12.8 Å². The van der Waals surface area contributed by atoms with Gasteiger partial charge in [-0.3, -0.25) is 0 Å². The number of aryl methyl sites for hydroxylation is 1. The summed E-state index contributed by atoms with van der Waals surface area (Å²) in [4.78, 5) is 15.9. The second kappa shape index (κ2) is 4.24. The number of fused-ring (bicyclic) bond motifs is 1. The summed E-state index contributed by atoms with van der Waals surface area (Å²) >= 11 is 0. The lowest BCUT2D eigenvalue weighted by molar-refractivity contribution is 0.415. The molecule has 0 fully saturated rings. The molecule has 6 heteroatoms. The number of hydrogen-bond donors (Lipinski definition) is 1. The summed E-state index contributed by atoms with van der Waals surface area (Å²) in [7, 11) is 1.62. The summed E-state index contributed by atoms with van der Waals surface area (Å²) in [5, 5.41) is 6.37. The van der Waals surface area contributed by atoms with Crippen LogP contribution in [0.1, 0.15) is 5.82 Å². The number of nitrogens with zero attached hydrogens (tertiary/aromatic N) is 3. The van der Waals surface area contributed by atoms with Crippen molar-refractivity contribution in [3.63, 3.8) is 0 Å². The van der Waals surface area contributed by atoms with E-state index in [1.807, 2.05) is 24.3 Å². The third-order valence-corrected chi connectivity index (χ3v) is 2.96. The van der Waals surface area contributed by atoms with Gasteiger partial charge < -0.3 is 4.74 Å². The van der Waals surface area contributed by atoms with Gasteiger partial charge in [-0.1, -0.05) is 0 Å². The molecule has 0 saturated carbocycles. The van der Waals surface area contributed by atoms with Crippen LogP contribution < -0.4 is 10.4 Å². The Balaban J connectivity index is 2.16. The summed E-state index contributed by atoms with van der Waals surface area (Å²) in [5.41, 5.74) is 2.00. The number of rotatable bonds is 2. The number of nitrogens with one attached hydrogen (secondary N) is 1. The van der Waals surface area contributed by atoms with E-state index >= 15 is 0 Å². The first kappa shape index (κ1) is 11.5. The van der Waals surface area contributed by atoms with Crippen LogP contribution in [0.15, 0.2) is 35.1 Å². The topological polar surface area (TPSA) is 72.3 Å². The molecule has 19 heavy (non-hydrogen) atoms. The molecule has 0 aliphatic rings. The smallest absolute Gasteiger partial charge is 0.349 e. The zero-order valence-electron chi connectivity index (χ0n) is 10.5.